The van der Waals surface area contributed by atoms with E-state index in [-0.39, 0.29) is 5.91 Å². The van der Waals surface area contributed by atoms with Gasteiger partial charge in [0.1, 0.15) is 0 Å². The molecule has 0 aliphatic carbocycles. The number of nitrogen functional groups attached to an aromatic ring is 1. The van der Waals surface area contributed by atoms with E-state index >= 15 is 0 Å². The molecule has 4 N–H and O–H groups in total. The van der Waals surface area contributed by atoms with E-state index in [9.17, 15) is 4.79 Å². The van der Waals surface area contributed by atoms with E-state index in [0.717, 1.165) is 22.6 Å². The summed E-state index contributed by atoms with van der Waals surface area (Å²) in [6.07, 6.45) is 0. The molecule has 1 amide bonds. The predicted molar refractivity (Wildman–Crippen MR) is 130 cm³/mol. The number of carbonyl (C=O) groups is 1. The van der Waals surface area contributed by atoms with Crippen LogP contribution in [-0.2, 0) is 6.54 Å². The van der Waals surface area contributed by atoms with Crippen molar-refractivity contribution >= 4 is 34.3 Å². The van der Waals surface area contributed by atoms with Crippen molar-refractivity contribution in [2.45, 2.75) is 6.54 Å². The highest BCUT2D eigenvalue weighted by molar-refractivity contribution is 6.05. The van der Waals surface area contributed by atoms with Crippen molar-refractivity contribution in [1.82, 2.24) is 0 Å². The first-order valence-electron chi connectivity index (χ1n) is 10.2. The minimum absolute atomic E-state index is 0.192. The Bertz CT molecular complexity index is 1200. The third kappa shape index (κ3) is 5.58. The van der Waals surface area contributed by atoms with Crippen LogP contribution in [0.2, 0.25) is 0 Å². The van der Waals surface area contributed by atoms with Gasteiger partial charge < -0.3 is 16.4 Å². The number of azo groups is 1. The van der Waals surface area contributed by atoms with Gasteiger partial charge in [0.15, 0.2) is 0 Å². The Morgan fingerprint density at radius 1 is 0.719 bits per heavy atom. The number of para-hydroxylation sites is 2. The van der Waals surface area contributed by atoms with Gasteiger partial charge in [-0.15, -0.1) is 0 Å². The number of hydrogen-bond donors (Lipinski definition) is 3. The Morgan fingerprint density at radius 2 is 1.34 bits per heavy atom. The maximum absolute atomic E-state index is 12.4. The molecule has 0 aromatic heterocycles. The normalized spacial score (nSPS) is 10.8. The third-order valence-electron chi connectivity index (χ3n) is 4.83. The largest absolute Gasteiger partial charge is 0.397 e. The molecule has 0 fully saturated rings. The second-order valence-electron chi connectivity index (χ2n) is 7.17. The highest BCUT2D eigenvalue weighted by Gasteiger charge is 2.07. The molecule has 0 aliphatic heterocycles. The van der Waals surface area contributed by atoms with Crippen molar-refractivity contribution in [2.24, 2.45) is 10.2 Å². The van der Waals surface area contributed by atoms with Gasteiger partial charge in [0.05, 0.1) is 22.7 Å². The van der Waals surface area contributed by atoms with Crippen molar-refractivity contribution in [3.63, 3.8) is 0 Å². The standard InChI is InChI=1S/C26H23N5O/c27-24-8-4-5-9-25(24)29-26(32)20-12-10-19(11-13-20)18-28-21-14-16-23(17-15-21)31-30-22-6-2-1-3-7-22/h1-17,28H,18,27H2,(H,29,32). The highest BCUT2D eigenvalue weighted by atomic mass is 16.1. The number of carbonyl (C=O) groups excluding carboxylic acids is 1. The lowest BCUT2D eigenvalue weighted by Crippen LogP contribution is -2.13. The van der Waals surface area contributed by atoms with E-state index in [1.807, 2.05) is 78.9 Å². The molecular formula is C26H23N5O. The molecule has 0 aliphatic rings. The van der Waals surface area contributed by atoms with Gasteiger partial charge in [-0.3, -0.25) is 4.79 Å². The van der Waals surface area contributed by atoms with Gasteiger partial charge in [-0.1, -0.05) is 42.5 Å². The topological polar surface area (TPSA) is 91.9 Å². The zero-order valence-corrected chi connectivity index (χ0v) is 17.4. The first-order valence-corrected chi connectivity index (χ1v) is 10.2. The lowest BCUT2D eigenvalue weighted by Gasteiger charge is -2.09. The van der Waals surface area contributed by atoms with Crippen molar-refractivity contribution in [1.29, 1.82) is 0 Å². The second kappa shape index (κ2) is 10.0. The minimum Gasteiger partial charge on any atom is -0.397 e. The van der Waals surface area contributed by atoms with Gasteiger partial charge in [-0.25, -0.2) is 0 Å². The third-order valence-corrected chi connectivity index (χ3v) is 4.83. The van der Waals surface area contributed by atoms with Gasteiger partial charge in [-0.05, 0) is 66.2 Å². The van der Waals surface area contributed by atoms with Crippen LogP contribution in [0.3, 0.4) is 0 Å². The number of nitrogens with one attached hydrogen (secondary N) is 2. The molecule has 4 aromatic rings. The summed E-state index contributed by atoms with van der Waals surface area (Å²) < 4.78 is 0. The summed E-state index contributed by atoms with van der Waals surface area (Å²) in [5.74, 6) is -0.192. The monoisotopic (exact) mass is 421 g/mol. The van der Waals surface area contributed by atoms with Gasteiger partial charge in [0.2, 0.25) is 0 Å². The van der Waals surface area contributed by atoms with E-state index in [2.05, 4.69) is 20.9 Å². The molecule has 32 heavy (non-hydrogen) atoms. The fraction of sp³-hybridized carbons (Fsp3) is 0.0385. The van der Waals surface area contributed by atoms with E-state index in [1.165, 1.54) is 0 Å². The van der Waals surface area contributed by atoms with Gasteiger partial charge in [-0.2, -0.15) is 10.2 Å². The number of nitrogens with two attached hydrogens (primary N) is 1. The molecule has 0 heterocycles. The molecule has 4 aromatic carbocycles. The van der Waals surface area contributed by atoms with Crippen LogP contribution in [0.25, 0.3) is 0 Å². The van der Waals surface area contributed by atoms with E-state index < -0.39 is 0 Å². The van der Waals surface area contributed by atoms with Crippen LogP contribution in [0.5, 0.6) is 0 Å². The maximum Gasteiger partial charge on any atom is 0.255 e. The number of benzene rings is 4. The maximum atomic E-state index is 12.4. The Labute approximate surface area is 186 Å². The number of nitrogens with zero attached hydrogens (tertiary/aromatic N) is 2. The number of amides is 1. The molecule has 6 nitrogen and oxygen atoms in total. The molecule has 0 spiro atoms. The Morgan fingerprint density at radius 3 is 2.03 bits per heavy atom. The summed E-state index contributed by atoms with van der Waals surface area (Å²) in [6, 6.07) is 32.0. The summed E-state index contributed by atoms with van der Waals surface area (Å²) in [5, 5.41) is 14.7. The fourth-order valence-corrected chi connectivity index (χ4v) is 3.04. The molecule has 0 saturated carbocycles. The zero-order chi connectivity index (χ0) is 22.2. The van der Waals surface area contributed by atoms with Crippen LogP contribution in [0.4, 0.5) is 28.4 Å². The van der Waals surface area contributed by atoms with Crippen LogP contribution in [0.15, 0.2) is 113 Å². The van der Waals surface area contributed by atoms with Crippen molar-refractivity contribution < 1.29 is 4.79 Å². The zero-order valence-electron chi connectivity index (χ0n) is 17.4. The van der Waals surface area contributed by atoms with Crippen LogP contribution in [0.1, 0.15) is 15.9 Å². The minimum atomic E-state index is -0.192. The Balaban J connectivity index is 1.31. The number of hydrogen-bond acceptors (Lipinski definition) is 5. The quantitative estimate of drug-likeness (QED) is 0.233. The number of anilines is 3. The van der Waals surface area contributed by atoms with Crippen LogP contribution in [-0.4, -0.2) is 5.91 Å². The van der Waals surface area contributed by atoms with Crippen LogP contribution in [0, 0.1) is 0 Å². The molecule has 4 rings (SSSR count). The molecule has 0 atom stereocenters. The van der Waals surface area contributed by atoms with Crippen molar-refractivity contribution in [3.05, 3.63) is 114 Å². The van der Waals surface area contributed by atoms with E-state index in [1.54, 1.807) is 24.3 Å². The summed E-state index contributed by atoms with van der Waals surface area (Å²) in [7, 11) is 0. The first-order chi connectivity index (χ1) is 15.7. The molecule has 6 heteroatoms. The predicted octanol–water partition coefficient (Wildman–Crippen LogP) is 6.55. The molecule has 0 bridgehead atoms. The average Bonchev–Trinajstić information content (AvgIpc) is 2.84. The Kier molecular flexibility index (Phi) is 6.53. The smallest absolute Gasteiger partial charge is 0.255 e. The van der Waals surface area contributed by atoms with Gasteiger partial charge in [0.25, 0.3) is 5.91 Å². The van der Waals surface area contributed by atoms with Crippen molar-refractivity contribution in [2.75, 3.05) is 16.4 Å². The van der Waals surface area contributed by atoms with Crippen LogP contribution >= 0.6 is 0 Å². The summed E-state index contributed by atoms with van der Waals surface area (Å²) in [4.78, 5) is 12.4. The summed E-state index contributed by atoms with van der Waals surface area (Å²) in [6.45, 7) is 0.637. The first kappa shape index (κ1) is 20.8. The van der Waals surface area contributed by atoms with E-state index in [0.29, 0.717) is 23.5 Å². The second-order valence-corrected chi connectivity index (χ2v) is 7.17. The van der Waals surface area contributed by atoms with Gasteiger partial charge in [0, 0.05) is 17.8 Å². The van der Waals surface area contributed by atoms with Crippen LogP contribution < -0.4 is 16.4 Å². The molecule has 158 valence electrons. The SMILES string of the molecule is Nc1ccccc1NC(=O)c1ccc(CNc2ccc(N=Nc3ccccc3)cc2)cc1. The van der Waals surface area contributed by atoms with E-state index in [4.69, 9.17) is 5.73 Å². The average molecular weight is 422 g/mol. The van der Waals surface area contributed by atoms with Crippen molar-refractivity contribution in [3.8, 4) is 0 Å². The Hall–Kier alpha value is -4.45. The lowest BCUT2D eigenvalue weighted by molar-refractivity contribution is 0.102. The highest BCUT2D eigenvalue weighted by Crippen LogP contribution is 2.21. The molecule has 0 radical (unpaired) electrons. The van der Waals surface area contributed by atoms with Gasteiger partial charge >= 0.3 is 0 Å². The fourth-order valence-electron chi connectivity index (χ4n) is 3.04. The molecule has 0 saturated heterocycles. The summed E-state index contributed by atoms with van der Waals surface area (Å²) >= 11 is 0. The molecular weight excluding hydrogens is 398 g/mol. The lowest BCUT2D eigenvalue weighted by atomic mass is 10.1. The number of rotatable bonds is 7. The molecule has 0 unspecified atom stereocenters. The summed E-state index contributed by atoms with van der Waals surface area (Å²) in [5.41, 5.74) is 11.2.